The van der Waals surface area contributed by atoms with Gasteiger partial charge in [0.2, 0.25) is 0 Å². The topological polar surface area (TPSA) is 150 Å². The molecule has 11 heteroatoms. The van der Waals surface area contributed by atoms with Crippen LogP contribution in [0.15, 0.2) is 58.2 Å². The minimum absolute atomic E-state index is 0.0920. The van der Waals surface area contributed by atoms with E-state index in [4.69, 9.17) is 4.42 Å². The molecule has 0 saturated heterocycles. The van der Waals surface area contributed by atoms with E-state index in [-0.39, 0.29) is 22.4 Å². The first-order valence-electron chi connectivity index (χ1n) is 8.70. The number of non-ortho nitro benzene ring substituents is 2. The molecule has 0 aliphatic heterocycles. The first-order valence-corrected chi connectivity index (χ1v) is 9.58. The second-order valence-electron chi connectivity index (χ2n) is 6.12. The molecule has 0 spiro atoms. The fourth-order valence-electron chi connectivity index (χ4n) is 2.65. The molecule has 0 bridgehead atoms. The van der Waals surface area contributed by atoms with Crippen LogP contribution < -0.4 is 0 Å². The minimum Gasteiger partial charge on any atom is -0.480 e. The molecule has 1 unspecified atom stereocenters. The fourth-order valence-corrected chi connectivity index (χ4v) is 3.43. The maximum Gasteiger partial charge on any atom is 0.317 e. The number of rotatable bonds is 8. The summed E-state index contributed by atoms with van der Waals surface area (Å²) >= 11 is 0.943. The van der Waals surface area contributed by atoms with E-state index in [2.05, 4.69) is 4.98 Å². The number of benzene rings is 2. The van der Waals surface area contributed by atoms with Crippen LogP contribution in [0.3, 0.4) is 0 Å². The lowest BCUT2D eigenvalue weighted by Gasteiger charge is -2.04. The van der Waals surface area contributed by atoms with E-state index in [1.807, 2.05) is 0 Å². The number of nitro groups is 2. The maximum absolute atomic E-state index is 11.4. The van der Waals surface area contributed by atoms with Gasteiger partial charge in [-0.2, -0.15) is 0 Å². The number of aliphatic carboxylic acids is 1. The number of nitrogens with zero attached hydrogens (tertiary/aromatic N) is 3. The summed E-state index contributed by atoms with van der Waals surface area (Å²) in [6.45, 7) is 1.73. The van der Waals surface area contributed by atoms with Gasteiger partial charge < -0.3 is 9.52 Å². The number of carboxylic acid groups (broad SMARTS) is 1. The Morgan fingerprint density at radius 3 is 1.97 bits per heavy atom. The van der Waals surface area contributed by atoms with Crippen molar-refractivity contribution >= 4 is 29.1 Å². The van der Waals surface area contributed by atoms with E-state index in [9.17, 15) is 30.1 Å². The van der Waals surface area contributed by atoms with Gasteiger partial charge in [-0.25, -0.2) is 4.98 Å². The molecule has 3 aromatic rings. The first-order chi connectivity index (χ1) is 14.3. The highest BCUT2D eigenvalue weighted by molar-refractivity contribution is 8.00. The third kappa shape index (κ3) is 4.46. The van der Waals surface area contributed by atoms with E-state index in [0.717, 1.165) is 11.8 Å². The second kappa shape index (κ2) is 8.74. The normalized spacial score (nSPS) is 11.8. The lowest BCUT2D eigenvalue weighted by molar-refractivity contribution is -0.385. The average Bonchev–Trinajstić information content (AvgIpc) is 3.15. The van der Waals surface area contributed by atoms with E-state index >= 15 is 0 Å². The Balaban J connectivity index is 2.07. The van der Waals surface area contributed by atoms with Gasteiger partial charge in [-0.1, -0.05) is 18.7 Å². The van der Waals surface area contributed by atoms with Crippen LogP contribution in [0.25, 0.3) is 22.6 Å². The number of hydrogen-bond acceptors (Lipinski definition) is 8. The Bertz CT molecular complexity index is 1020. The summed E-state index contributed by atoms with van der Waals surface area (Å²) < 4.78 is 5.80. The molecule has 2 aromatic carbocycles. The Morgan fingerprint density at radius 1 is 1.03 bits per heavy atom. The molecule has 1 N–H and O–H groups in total. The second-order valence-corrected chi connectivity index (χ2v) is 7.27. The minimum atomic E-state index is -1.01. The molecule has 1 heterocycles. The fraction of sp³-hybridized carbons (Fsp3) is 0.158. The van der Waals surface area contributed by atoms with Gasteiger partial charge >= 0.3 is 5.97 Å². The lowest BCUT2D eigenvalue weighted by Crippen LogP contribution is -2.14. The standard InChI is InChI=1S/C19H15N3O7S/c1-2-15(18(23)24)30-19-20-16(11-3-7-13(8-4-11)21(25)26)17(29-19)12-5-9-14(10-6-12)22(27)28/h3-10,15H,2H2,1H3,(H,23,24). The molecule has 0 saturated carbocycles. The molecule has 0 radical (unpaired) electrons. The molecule has 1 atom stereocenters. The number of aromatic nitrogens is 1. The molecule has 3 rings (SSSR count). The van der Waals surface area contributed by atoms with Crippen molar-refractivity contribution in [2.45, 2.75) is 23.8 Å². The Hall–Kier alpha value is -3.73. The van der Waals surface area contributed by atoms with Gasteiger partial charge in [-0.15, -0.1) is 0 Å². The van der Waals surface area contributed by atoms with Crippen LogP contribution in [0.5, 0.6) is 0 Å². The number of oxazole rings is 1. The van der Waals surface area contributed by atoms with Gasteiger partial charge in [-0.05, 0) is 30.7 Å². The maximum atomic E-state index is 11.4. The van der Waals surface area contributed by atoms with Crippen LogP contribution in [-0.4, -0.2) is 31.2 Å². The van der Waals surface area contributed by atoms with Crippen molar-refractivity contribution in [2.24, 2.45) is 0 Å². The summed E-state index contributed by atoms with van der Waals surface area (Å²) in [6.07, 6.45) is 0.349. The molecule has 0 aliphatic carbocycles. The van der Waals surface area contributed by atoms with Crippen LogP contribution in [-0.2, 0) is 4.79 Å². The van der Waals surface area contributed by atoms with Gasteiger partial charge in [0, 0.05) is 35.4 Å². The summed E-state index contributed by atoms with van der Waals surface area (Å²) in [5.41, 5.74) is 1.18. The quantitative estimate of drug-likeness (QED) is 0.303. The molecule has 0 fully saturated rings. The monoisotopic (exact) mass is 429 g/mol. The molecule has 0 amide bonds. The number of carbonyl (C=O) groups is 1. The number of hydrogen-bond donors (Lipinski definition) is 1. The third-order valence-corrected chi connectivity index (χ3v) is 5.38. The van der Waals surface area contributed by atoms with Crippen LogP contribution in [0.2, 0.25) is 0 Å². The Labute approximate surface area is 173 Å². The Morgan fingerprint density at radius 2 is 1.53 bits per heavy atom. The lowest BCUT2D eigenvalue weighted by atomic mass is 10.1. The van der Waals surface area contributed by atoms with Crippen molar-refractivity contribution in [1.82, 2.24) is 4.98 Å². The smallest absolute Gasteiger partial charge is 0.317 e. The number of thioether (sulfide) groups is 1. The summed E-state index contributed by atoms with van der Waals surface area (Å²) in [4.78, 5) is 36.5. The molecular formula is C19H15N3O7S. The van der Waals surface area contributed by atoms with Crippen LogP contribution in [0.1, 0.15) is 13.3 Å². The molecule has 1 aromatic heterocycles. The molecule has 10 nitrogen and oxygen atoms in total. The van der Waals surface area contributed by atoms with Crippen LogP contribution in [0.4, 0.5) is 11.4 Å². The van der Waals surface area contributed by atoms with Crippen molar-refractivity contribution < 1.29 is 24.2 Å². The van der Waals surface area contributed by atoms with E-state index in [0.29, 0.717) is 23.2 Å². The molecule has 30 heavy (non-hydrogen) atoms. The zero-order valence-electron chi connectivity index (χ0n) is 15.5. The summed E-state index contributed by atoms with van der Waals surface area (Å²) in [7, 11) is 0. The van der Waals surface area contributed by atoms with Gasteiger partial charge in [-0.3, -0.25) is 25.0 Å². The van der Waals surface area contributed by atoms with Gasteiger partial charge in [0.25, 0.3) is 16.6 Å². The van der Waals surface area contributed by atoms with E-state index in [1.54, 1.807) is 6.92 Å². The number of carboxylic acids is 1. The average molecular weight is 429 g/mol. The number of nitro benzene ring substituents is 2. The molecular weight excluding hydrogens is 414 g/mol. The Kier molecular flexibility index (Phi) is 6.11. The van der Waals surface area contributed by atoms with Gasteiger partial charge in [0.1, 0.15) is 10.9 Å². The van der Waals surface area contributed by atoms with Crippen molar-refractivity contribution in [2.75, 3.05) is 0 Å². The highest BCUT2D eigenvalue weighted by Gasteiger charge is 2.24. The summed E-state index contributed by atoms with van der Waals surface area (Å²) in [5.74, 6) is -0.726. The zero-order valence-corrected chi connectivity index (χ0v) is 16.4. The predicted octanol–water partition coefficient (Wildman–Crippen LogP) is 4.78. The first kappa shape index (κ1) is 21.0. The predicted molar refractivity (Wildman–Crippen MR) is 108 cm³/mol. The van der Waals surface area contributed by atoms with Gasteiger partial charge in [0.15, 0.2) is 5.76 Å². The highest BCUT2D eigenvalue weighted by Crippen LogP contribution is 2.38. The van der Waals surface area contributed by atoms with Crippen LogP contribution >= 0.6 is 11.8 Å². The van der Waals surface area contributed by atoms with Gasteiger partial charge in [0.05, 0.1) is 9.85 Å². The largest absolute Gasteiger partial charge is 0.480 e. The molecule has 0 aliphatic rings. The van der Waals surface area contributed by atoms with Crippen molar-refractivity contribution in [3.63, 3.8) is 0 Å². The van der Waals surface area contributed by atoms with E-state index < -0.39 is 21.1 Å². The summed E-state index contributed by atoms with van der Waals surface area (Å²) in [6, 6.07) is 11.3. The van der Waals surface area contributed by atoms with Crippen LogP contribution in [0, 0.1) is 20.2 Å². The summed E-state index contributed by atoms with van der Waals surface area (Å²) in [5, 5.41) is 30.4. The molecule has 154 valence electrons. The van der Waals surface area contributed by atoms with Crippen molar-refractivity contribution in [3.8, 4) is 22.6 Å². The van der Waals surface area contributed by atoms with Crippen molar-refractivity contribution in [1.29, 1.82) is 0 Å². The SMILES string of the molecule is CCC(Sc1nc(-c2ccc([N+](=O)[O-])cc2)c(-c2ccc([N+](=O)[O-])cc2)o1)C(=O)O. The van der Waals surface area contributed by atoms with Crippen molar-refractivity contribution in [3.05, 3.63) is 68.8 Å². The zero-order chi connectivity index (χ0) is 21.8. The third-order valence-electron chi connectivity index (χ3n) is 4.19. The highest BCUT2D eigenvalue weighted by atomic mass is 32.2. The van der Waals surface area contributed by atoms with E-state index in [1.165, 1.54) is 48.5 Å².